The van der Waals surface area contributed by atoms with Gasteiger partial charge in [0.2, 0.25) is 5.91 Å². The summed E-state index contributed by atoms with van der Waals surface area (Å²) in [4.78, 5) is 16.2. The topological polar surface area (TPSA) is 44.9 Å². The Hall–Kier alpha value is -2.07. The number of para-hydroxylation sites is 1. The molecular weight excluding hydrogens is 352 g/mol. The van der Waals surface area contributed by atoms with Crippen molar-refractivity contribution in [2.45, 2.75) is 25.2 Å². The molecule has 1 fully saturated rings. The number of carbonyl (C=O) groups excluding carboxylic acids is 1. The van der Waals surface area contributed by atoms with Crippen LogP contribution in [0.15, 0.2) is 53.1 Å². The molecule has 116 valence electrons. The molecule has 4 rings (SSSR count). The van der Waals surface area contributed by atoms with Crippen LogP contribution in [0, 0.1) is 6.92 Å². The monoisotopic (exact) mass is 368 g/mol. The van der Waals surface area contributed by atoms with E-state index in [1.54, 1.807) is 0 Å². The fourth-order valence-corrected chi connectivity index (χ4v) is 3.70. The second-order valence-electron chi connectivity index (χ2n) is 6.24. The summed E-state index contributed by atoms with van der Waals surface area (Å²) in [7, 11) is 0. The number of hydrogen-bond donors (Lipinski definition) is 2. The number of aromatic amines is 1. The van der Waals surface area contributed by atoms with Crippen LogP contribution in [0.2, 0.25) is 0 Å². The smallest absolute Gasteiger partial charge is 0.235 e. The van der Waals surface area contributed by atoms with E-state index in [1.807, 2.05) is 49.5 Å². The first-order valence-electron chi connectivity index (χ1n) is 7.74. The zero-order valence-electron chi connectivity index (χ0n) is 12.8. The minimum absolute atomic E-state index is 0.0904. The van der Waals surface area contributed by atoms with E-state index < -0.39 is 0 Å². The number of benzene rings is 2. The highest BCUT2D eigenvalue weighted by atomic mass is 79.9. The molecule has 0 radical (unpaired) electrons. The Balaban J connectivity index is 1.68. The van der Waals surface area contributed by atoms with Crippen molar-refractivity contribution in [2.75, 3.05) is 5.32 Å². The summed E-state index contributed by atoms with van der Waals surface area (Å²) in [5.74, 6) is 0.0904. The number of fused-ring (bicyclic) bond motifs is 1. The third-order valence-corrected chi connectivity index (χ3v) is 5.22. The van der Waals surface area contributed by atoms with Crippen molar-refractivity contribution < 1.29 is 4.79 Å². The van der Waals surface area contributed by atoms with Crippen LogP contribution in [0.4, 0.5) is 5.69 Å². The third kappa shape index (κ3) is 2.38. The number of anilines is 1. The van der Waals surface area contributed by atoms with E-state index in [0.717, 1.165) is 45.0 Å². The molecule has 0 unspecified atom stereocenters. The molecule has 1 aromatic heterocycles. The normalized spacial score (nSPS) is 15.6. The Bertz CT molecular complexity index is 909. The van der Waals surface area contributed by atoms with Gasteiger partial charge in [0, 0.05) is 27.3 Å². The Morgan fingerprint density at radius 1 is 1.22 bits per heavy atom. The predicted octanol–water partition coefficient (Wildman–Crippen LogP) is 4.91. The van der Waals surface area contributed by atoms with Gasteiger partial charge in [0.05, 0.1) is 5.41 Å². The van der Waals surface area contributed by atoms with Crippen molar-refractivity contribution in [1.29, 1.82) is 0 Å². The number of carbonyl (C=O) groups is 1. The first-order chi connectivity index (χ1) is 11.1. The SMILES string of the molecule is Cc1cc(Br)ccc1NC(=O)C1(c2c[nH]c3ccccc23)CC1. The number of H-pyrrole nitrogens is 1. The van der Waals surface area contributed by atoms with Gasteiger partial charge in [-0.15, -0.1) is 0 Å². The number of rotatable bonds is 3. The number of nitrogens with one attached hydrogen (secondary N) is 2. The summed E-state index contributed by atoms with van der Waals surface area (Å²) in [6, 6.07) is 14.1. The van der Waals surface area contributed by atoms with Crippen LogP contribution in [0.1, 0.15) is 24.0 Å². The number of amides is 1. The minimum Gasteiger partial charge on any atom is -0.361 e. The number of aryl methyl sites for hydroxylation is 1. The summed E-state index contributed by atoms with van der Waals surface area (Å²) in [5, 5.41) is 4.27. The first-order valence-corrected chi connectivity index (χ1v) is 8.54. The molecule has 1 aliphatic carbocycles. The van der Waals surface area contributed by atoms with Gasteiger partial charge in [-0.1, -0.05) is 34.1 Å². The summed E-state index contributed by atoms with van der Waals surface area (Å²) in [5.41, 5.74) is 3.74. The van der Waals surface area contributed by atoms with Crippen LogP contribution >= 0.6 is 15.9 Å². The Labute approximate surface area is 143 Å². The molecule has 3 nitrogen and oxygen atoms in total. The van der Waals surface area contributed by atoms with E-state index in [1.165, 1.54) is 0 Å². The second-order valence-corrected chi connectivity index (χ2v) is 7.16. The molecule has 1 amide bonds. The number of aromatic nitrogens is 1. The fourth-order valence-electron chi connectivity index (χ4n) is 3.22. The van der Waals surface area contributed by atoms with Gasteiger partial charge < -0.3 is 10.3 Å². The van der Waals surface area contributed by atoms with Crippen LogP contribution < -0.4 is 5.32 Å². The van der Waals surface area contributed by atoms with E-state index in [9.17, 15) is 4.79 Å². The van der Waals surface area contributed by atoms with Crippen molar-refractivity contribution >= 4 is 38.4 Å². The van der Waals surface area contributed by atoms with E-state index in [2.05, 4.69) is 32.3 Å². The van der Waals surface area contributed by atoms with E-state index >= 15 is 0 Å². The molecule has 0 bridgehead atoms. The molecule has 0 atom stereocenters. The maximum absolute atomic E-state index is 12.9. The lowest BCUT2D eigenvalue weighted by Gasteiger charge is -2.16. The summed E-state index contributed by atoms with van der Waals surface area (Å²) in [6.07, 6.45) is 3.79. The van der Waals surface area contributed by atoms with Crippen molar-refractivity contribution in [3.05, 3.63) is 64.3 Å². The van der Waals surface area contributed by atoms with Gasteiger partial charge in [-0.25, -0.2) is 0 Å². The van der Waals surface area contributed by atoms with Gasteiger partial charge in [0.1, 0.15) is 0 Å². The highest BCUT2D eigenvalue weighted by Crippen LogP contribution is 2.51. The molecular formula is C19H17BrN2O. The van der Waals surface area contributed by atoms with Gasteiger partial charge in [-0.05, 0) is 55.2 Å². The van der Waals surface area contributed by atoms with Gasteiger partial charge in [0.15, 0.2) is 0 Å². The summed E-state index contributed by atoms with van der Waals surface area (Å²) >= 11 is 3.46. The van der Waals surface area contributed by atoms with Crippen molar-refractivity contribution in [3.63, 3.8) is 0 Å². The van der Waals surface area contributed by atoms with Crippen LogP contribution in [0.25, 0.3) is 10.9 Å². The van der Waals surface area contributed by atoms with Crippen LogP contribution in [-0.2, 0) is 10.2 Å². The van der Waals surface area contributed by atoms with Crippen LogP contribution in [0.5, 0.6) is 0 Å². The molecule has 0 saturated heterocycles. The third-order valence-electron chi connectivity index (χ3n) is 4.73. The maximum Gasteiger partial charge on any atom is 0.235 e. The summed E-state index contributed by atoms with van der Waals surface area (Å²) in [6.45, 7) is 2.01. The standard InChI is InChI=1S/C19H17BrN2O/c1-12-10-13(20)6-7-16(12)22-18(23)19(8-9-19)15-11-21-17-5-3-2-4-14(15)17/h2-7,10-11,21H,8-9H2,1H3,(H,22,23). The first kappa shape index (κ1) is 14.5. The van der Waals surface area contributed by atoms with Crippen molar-refractivity contribution in [3.8, 4) is 0 Å². The lowest BCUT2D eigenvalue weighted by Crippen LogP contribution is -2.28. The van der Waals surface area contributed by atoms with E-state index in [0.29, 0.717) is 0 Å². The maximum atomic E-state index is 12.9. The Morgan fingerprint density at radius 3 is 2.74 bits per heavy atom. The van der Waals surface area contributed by atoms with E-state index in [-0.39, 0.29) is 11.3 Å². The molecule has 1 aliphatic rings. The molecule has 4 heteroatoms. The minimum atomic E-state index is -0.390. The lowest BCUT2D eigenvalue weighted by atomic mass is 9.94. The van der Waals surface area contributed by atoms with Gasteiger partial charge in [0.25, 0.3) is 0 Å². The largest absolute Gasteiger partial charge is 0.361 e. The van der Waals surface area contributed by atoms with Crippen molar-refractivity contribution in [1.82, 2.24) is 4.98 Å². The molecule has 3 aromatic rings. The molecule has 0 spiro atoms. The molecule has 2 aromatic carbocycles. The summed E-state index contributed by atoms with van der Waals surface area (Å²) < 4.78 is 1.02. The molecule has 1 heterocycles. The van der Waals surface area contributed by atoms with Gasteiger partial charge in [-0.2, -0.15) is 0 Å². The quantitative estimate of drug-likeness (QED) is 0.677. The molecule has 1 saturated carbocycles. The highest BCUT2D eigenvalue weighted by Gasteiger charge is 2.52. The molecule has 2 N–H and O–H groups in total. The molecule has 0 aliphatic heterocycles. The predicted molar refractivity (Wildman–Crippen MR) is 96.7 cm³/mol. The second kappa shape index (κ2) is 5.24. The number of halogens is 1. The van der Waals surface area contributed by atoms with Crippen LogP contribution in [-0.4, -0.2) is 10.9 Å². The van der Waals surface area contributed by atoms with Crippen molar-refractivity contribution in [2.24, 2.45) is 0 Å². The van der Waals surface area contributed by atoms with Gasteiger partial charge in [-0.3, -0.25) is 4.79 Å². The molecule has 23 heavy (non-hydrogen) atoms. The lowest BCUT2D eigenvalue weighted by molar-refractivity contribution is -0.118. The number of hydrogen-bond acceptors (Lipinski definition) is 1. The van der Waals surface area contributed by atoms with E-state index in [4.69, 9.17) is 0 Å². The zero-order chi connectivity index (χ0) is 16.0. The highest BCUT2D eigenvalue weighted by molar-refractivity contribution is 9.10. The Kier molecular flexibility index (Phi) is 3.31. The van der Waals surface area contributed by atoms with Gasteiger partial charge >= 0.3 is 0 Å². The van der Waals surface area contributed by atoms with Crippen LogP contribution in [0.3, 0.4) is 0 Å². The average Bonchev–Trinajstić information content (AvgIpc) is 3.23. The Morgan fingerprint density at radius 2 is 2.00 bits per heavy atom. The fraction of sp³-hybridized carbons (Fsp3) is 0.211. The average molecular weight is 369 g/mol. The zero-order valence-corrected chi connectivity index (χ0v) is 14.4.